The predicted molar refractivity (Wildman–Crippen MR) is 95.9 cm³/mol. The van der Waals surface area contributed by atoms with Crippen LogP contribution in [0, 0.1) is 11.8 Å². The maximum absolute atomic E-state index is 3.77. The van der Waals surface area contributed by atoms with E-state index in [0.717, 1.165) is 18.4 Å². The first-order valence-electron chi connectivity index (χ1n) is 8.04. The lowest BCUT2D eigenvalue weighted by molar-refractivity contribution is 0.422. The Morgan fingerprint density at radius 3 is 2.57 bits per heavy atom. The molecule has 1 atom stereocenters. The first-order valence-corrected chi connectivity index (χ1v) is 8.84. The topological polar surface area (TPSA) is 15.3 Å². The van der Waals surface area contributed by atoms with Gasteiger partial charge in [0.15, 0.2) is 0 Å². The Hall–Kier alpha value is -0.540. The maximum Gasteiger partial charge on any atom is 0.0510 e. The number of nitrogens with one attached hydrogen (secondary N) is 1. The second kappa shape index (κ2) is 6.70. The first kappa shape index (κ1) is 16.8. The van der Waals surface area contributed by atoms with Crippen molar-refractivity contribution in [2.75, 3.05) is 18.0 Å². The summed E-state index contributed by atoms with van der Waals surface area (Å²) in [5, 5.41) is 3.54. The average molecular weight is 353 g/mol. The third kappa shape index (κ3) is 4.72. The molecule has 1 aromatic rings. The normalized spacial score (nSPS) is 19.6. The van der Waals surface area contributed by atoms with E-state index in [9.17, 15) is 0 Å². The standard InChI is InChI=1S/C18H29BrN2/c1-13(2)15-8-9-21(12-15)17-7-6-14(10-16(17)19)11-20-18(3,4)5/h6-7,10,13,15,20H,8-9,11-12H2,1-5H3. The minimum Gasteiger partial charge on any atom is -0.370 e. The number of hydrogen-bond acceptors (Lipinski definition) is 2. The zero-order chi connectivity index (χ0) is 15.6. The molecule has 0 aliphatic carbocycles. The molecular weight excluding hydrogens is 324 g/mol. The number of anilines is 1. The summed E-state index contributed by atoms with van der Waals surface area (Å²) in [6.45, 7) is 14.6. The zero-order valence-electron chi connectivity index (χ0n) is 14.0. The van der Waals surface area contributed by atoms with Crippen molar-refractivity contribution in [1.82, 2.24) is 5.32 Å². The molecule has 1 N–H and O–H groups in total. The van der Waals surface area contributed by atoms with E-state index in [-0.39, 0.29) is 5.54 Å². The lowest BCUT2D eigenvalue weighted by Gasteiger charge is -2.23. The number of hydrogen-bond donors (Lipinski definition) is 1. The highest BCUT2D eigenvalue weighted by atomic mass is 79.9. The molecular formula is C18H29BrN2. The summed E-state index contributed by atoms with van der Waals surface area (Å²) in [7, 11) is 0. The fourth-order valence-corrected chi connectivity index (χ4v) is 3.51. The Labute approximate surface area is 138 Å². The molecule has 21 heavy (non-hydrogen) atoms. The number of halogens is 1. The second-order valence-corrected chi connectivity index (χ2v) is 8.48. The molecule has 1 unspecified atom stereocenters. The van der Waals surface area contributed by atoms with Crippen LogP contribution in [0.1, 0.15) is 46.6 Å². The van der Waals surface area contributed by atoms with Gasteiger partial charge in [0.05, 0.1) is 5.69 Å². The monoisotopic (exact) mass is 352 g/mol. The van der Waals surface area contributed by atoms with Gasteiger partial charge in [0, 0.05) is 29.6 Å². The second-order valence-electron chi connectivity index (χ2n) is 7.63. The fraction of sp³-hybridized carbons (Fsp3) is 0.667. The molecule has 2 rings (SSSR count). The van der Waals surface area contributed by atoms with Crippen LogP contribution in [0.2, 0.25) is 0 Å². The average Bonchev–Trinajstić information content (AvgIpc) is 2.85. The fourth-order valence-electron chi connectivity index (χ4n) is 2.83. The van der Waals surface area contributed by atoms with Gasteiger partial charge in [-0.3, -0.25) is 0 Å². The summed E-state index contributed by atoms with van der Waals surface area (Å²) >= 11 is 3.77. The van der Waals surface area contributed by atoms with Crippen molar-refractivity contribution in [3.8, 4) is 0 Å². The molecule has 2 nitrogen and oxygen atoms in total. The number of rotatable bonds is 4. The summed E-state index contributed by atoms with van der Waals surface area (Å²) in [5.74, 6) is 1.61. The SMILES string of the molecule is CC(C)C1CCN(c2ccc(CNC(C)(C)C)cc2Br)C1. The van der Waals surface area contributed by atoms with Gasteiger partial charge in [-0.25, -0.2) is 0 Å². The van der Waals surface area contributed by atoms with E-state index in [4.69, 9.17) is 0 Å². The minimum atomic E-state index is 0.157. The quantitative estimate of drug-likeness (QED) is 0.835. The molecule has 0 saturated carbocycles. The molecule has 0 spiro atoms. The molecule has 0 bridgehead atoms. The molecule has 1 aliphatic rings. The summed E-state index contributed by atoms with van der Waals surface area (Å²) in [6, 6.07) is 6.78. The minimum absolute atomic E-state index is 0.157. The van der Waals surface area contributed by atoms with Gasteiger partial charge in [0.1, 0.15) is 0 Å². The molecule has 1 fully saturated rings. The van der Waals surface area contributed by atoms with Gasteiger partial charge in [-0.1, -0.05) is 19.9 Å². The highest BCUT2D eigenvalue weighted by Gasteiger charge is 2.26. The van der Waals surface area contributed by atoms with Crippen molar-refractivity contribution in [1.29, 1.82) is 0 Å². The Kier molecular flexibility index (Phi) is 5.37. The lowest BCUT2D eigenvalue weighted by Crippen LogP contribution is -2.35. The van der Waals surface area contributed by atoms with Gasteiger partial charge in [-0.2, -0.15) is 0 Å². The van der Waals surface area contributed by atoms with E-state index in [0.29, 0.717) is 0 Å². The first-order chi connectivity index (χ1) is 9.76. The molecule has 0 amide bonds. The van der Waals surface area contributed by atoms with Gasteiger partial charge < -0.3 is 10.2 Å². The van der Waals surface area contributed by atoms with Crippen LogP contribution in [-0.4, -0.2) is 18.6 Å². The van der Waals surface area contributed by atoms with Gasteiger partial charge in [-0.05, 0) is 72.7 Å². The van der Waals surface area contributed by atoms with Crippen LogP contribution in [0.4, 0.5) is 5.69 Å². The summed E-state index contributed by atoms with van der Waals surface area (Å²) in [6.07, 6.45) is 1.32. The van der Waals surface area contributed by atoms with Crippen LogP contribution in [0.15, 0.2) is 22.7 Å². The number of nitrogens with zero attached hydrogens (tertiary/aromatic N) is 1. The molecule has 0 radical (unpaired) electrons. The Balaban J connectivity index is 2.03. The molecule has 3 heteroatoms. The lowest BCUT2D eigenvalue weighted by atomic mass is 9.95. The smallest absolute Gasteiger partial charge is 0.0510 e. The van der Waals surface area contributed by atoms with Crippen LogP contribution in [0.3, 0.4) is 0 Å². The van der Waals surface area contributed by atoms with E-state index in [1.165, 1.54) is 35.2 Å². The van der Waals surface area contributed by atoms with Crippen LogP contribution in [-0.2, 0) is 6.54 Å². The Morgan fingerprint density at radius 1 is 1.33 bits per heavy atom. The molecule has 1 aromatic carbocycles. The van der Waals surface area contributed by atoms with Gasteiger partial charge >= 0.3 is 0 Å². The zero-order valence-corrected chi connectivity index (χ0v) is 15.6. The molecule has 1 aliphatic heterocycles. The Bertz CT molecular complexity index is 477. The van der Waals surface area contributed by atoms with E-state index >= 15 is 0 Å². The highest BCUT2D eigenvalue weighted by Crippen LogP contribution is 2.33. The van der Waals surface area contributed by atoms with Crippen molar-refractivity contribution >= 4 is 21.6 Å². The van der Waals surface area contributed by atoms with Crippen LogP contribution < -0.4 is 10.2 Å². The third-order valence-electron chi connectivity index (χ3n) is 4.34. The molecule has 0 aromatic heterocycles. The van der Waals surface area contributed by atoms with Crippen molar-refractivity contribution in [3.05, 3.63) is 28.2 Å². The summed E-state index contributed by atoms with van der Waals surface area (Å²) < 4.78 is 1.22. The van der Waals surface area contributed by atoms with Crippen LogP contribution in [0.5, 0.6) is 0 Å². The van der Waals surface area contributed by atoms with Gasteiger partial charge in [0.2, 0.25) is 0 Å². The highest BCUT2D eigenvalue weighted by molar-refractivity contribution is 9.10. The van der Waals surface area contributed by atoms with E-state index in [1.54, 1.807) is 0 Å². The molecule has 1 heterocycles. The third-order valence-corrected chi connectivity index (χ3v) is 4.98. The molecule has 1 saturated heterocycles. The maximum atomic E-state index is 3.77. The largest absolute Gasteiger partial charge is 0.370 e. The van der Waals surface area contributed by atoms with Crippen molar-refractivity contribution in [3.63, 3.8) is 0 Å². The van der Waals surface area contributed by atoms with Crippen molar-refractivity contribution in [2.24, 2.45) is 11.8 Å². The predicted octanol–water partition coefficient (Wildman–Crippen LogP) is 4.82. The van der Waals surface area contributed by atoms with Crippen molar-refractivity contribution < 1.29 is 0 Å². The van der Waals surface area contributed by atoms with Gasteiger partial charge in [0.25, 0.3) is 0 Å². The van der Waals surface area contributed by atoms with E-state index in [2.05, 4.69) is 79.0 Å². The summed E-state index contributed by atoms with van der Waals surface area (Å²) in [5.41, 5.74) is 2.84. The van der Waals surface area contributed by atoms with E-state index in [1.807, 2.05) is 0 Å². The van der Waals surface area contributed by atoms with E-state index < -0.39 is 0 Å². The molecule has 118 valence electrons. The van der Waals surface area contributed by atoms with Crippen LogP contribution >= 0.6 is 15.9 Å². The number of benzene rings is 1. The Morgan fingerprint density at radius 2 is 2.05 bits per heavy atom. The van der Waals surface area contributed by atoms with Crippen LogP contribution in [0.25, 0.3) is 0 Å². The summed E-state index contributed by atoms with van der Waals surface area (Å²) in [4.78, 5) is 2.52. The van der Waals surface area contributed by atoms with Gasteiger partial charge in [-0.15, -0.1) is 0 Å². The van der Waals surface area contributed by atoms with Crippen molar-refractivity contribution in [2.45, 2.75) is 53.1 Å².